The molecule has 116 valence electrons. The number of hydrogen-bond acceptors (Lipinski definition) is 4. The third kappa shape index (κ3) is 4.17. The second-order valence-corrected chi connectivity index (χ2v) is 6.01. The highest BCUT2D eigenvalue weighted by atomic mass is 16.5. The van der Waals surface area contributed by atoms with Crippen molar-refractivity contribution in [2.24, 2.45) is 5.73 Å². The molecule has 2 aliphatic heterocycles. The molecule has 0 saturated carbocycles. The molecule has 2 aliphatic rings. The monoisotopic (exact) mass is 283 g/mol. The lowest BCUT2D eigenvalue weighted by Crippen LogP contribution is -2.49. The average Bonchev–Trinajstić information content (AvgIpc) is 2.53. The van der Waals surface area contributed by atoms with E-state index in [9.17, 15) is 4.79 Å². The third-order valence-electron chi connectivity index (χ3n) is 4.72. The molecule has 1 amide bonds. The van der Waals surface area contributed by atoms with E-state index in [0.29, 0.717) is 19.1 Å². The second kappa shape index (κ2) is 7.96. The van der Waals surface area contributed by atoms with E-state index in [0.717, 1.165) is 51.9 Å². The molecule has 2 saturated heterocycles. The molecule has 20 heavy (non-hydrogen) atoms. The Hall–Kier alpha value is -0.650. The van der Waals surface area contributed by atoms with Crippen molar-refractivity contribution in [2.45, 2.75) is 50.7 Å². The fourth-order valence-corrected chi connectivity index (χ4v) is 3.31. The Balaban J connectivity index is 1.80. The molecule has 0 aromatic carbocycles. The van der Waals surface area contributed by atoms with Crippen LogP contribution >= 0.6 is 0 Å². The molecule has 1 atom stereocenters. The first kappa shape index (κ1) is 15.7. The number of piperidine rings is 2. The number of nitrogens with zero attached hydrogens (tertiary/aromatic N) is 2. The van der Waals surface area contributed by atoms with Crippen LogP contribution in [0.5, 0.6) is 0 Å². The first-order valence-corrected chi connectivity index (χ1v) is 7.99. The number of nitrogens with two attached hydrogens (primary N) is 1. The van der Waals surface area contributed by atoms with Gasteiger partial charge in [-0.1, -0.05) is 0 Å². The Morgan fingerprint density at radius 2 is 1.85 bits per heavy atom. The largest absolute Gasteiger partial charge is 0.381 e. The van der Waals surface area contributed by atoms with Crippen LogP contribution in [0.1, 0.15) is 38.5 Å². The smallest absolute Gasteiger partial charge is 0.224 e. The van der Waals surface area contributed by atoms with Crippen molar-refractivity contribution in [3.63, 3.8) is 0 Å². The third-order valence-corrected chi connectivity index (χ3v) is 4.72. The zero-order chi connectivity index (χ0) is 14.4. The summed E-state index contributed by atoms with van der Waals surface area (Å²) in [5, 5.41) is 0. The molecular formula is C15H29N3O2. The van der Waals surface area contributed by atoms with Gasteiger partial charge in [0.1, 0.15) is 0 Å². The summed E-state index contributed by atoms with van der Waals surface area (Å²) in [4.78, 5) is 16.7. The zero-order valence-corrected chi connectivity index (χ0v) is 12.7. The van der Waals surface area contributed by atoms with Gasteiger partial charge in [-0.3, -0.25) is 9.69 Å². The van der Waals surface area contributed by atoms with Crippen molar-refractivity contribution in [1.82, 2.24) is 9.80 Å². The second-order valence-electron chi connectivity index (χ2n) is 6.01. The molecule has 2 N–H and O–H groups in total. The lowest BCUT2D eigenvalue weighted by Gasteiger charge is -2.37. The van der Waals surface area contributed by atoms with Crippen LogP contribution in [0.15, 0.2) is 0 Å². The van der Waals surface area contributed by atoms with Gasteiger partial charge in [0.25, 0.3) is 0 Å². The molecule has 2 rings (SSSR count). The number of carbonyl (C=O) groups is 1. The fraction of sp³-hybridized carbons (Fsp3) is 0.933. The predicted octanol–water partition coefficient (Wildman–Crippen LogP) is 0.827. The van der Waals surface area contributed by atoms with E-state index in [1.54, 1.807) is 7.11 Å². The van der Waals surface area contributed by atoms with Gasteiger partial charge < -0.3 is 15.4 Å². The lowest BCUT2D eigenvalue weighted by atomic mass is 10.0. The molecule has 2 heterocycles. The number of amides is 1. The van der Waals surface area contributed by atoms with E-state index < -0.39 is 0 Å². The van der Waals surface area contributed by atoms with Gasteiger partial charge in [0, 0.05) is 52.3 Å². The molecule has 0 radical (unpaired) electrons. The molecule has 0 aliphatic carbocycles. The van der Waals surface area contributed by atoms with Crippen LogP contribution in [0, 0.1) is 0 Å². The van der Waals surface area contributed by atoms with Gasteiger partial charge in [0.05, 0.1) is 6.10 Å². The highest BCUT2D eigenvalue weighted by Gasteiger charge is 2.27. The van der Waals surface area contributed by atoms with Gasteiger partial charge >= 0.3 is 0 Å². The Labute approximate surface area is 122 Å². The van der Waals surface area contributed by atoms with Crippen molar-refractivity contribution in [1.29, 1.82) is 0 Å². The molecule has 2 fully saturated rings. The minimum atomic E-state index is 0.197. The van der Waals surface area contributed by atoms with Gasteiger partial charge in [-0.05, 0) is 32.1 Å². The van der Waals surface area contributed by atoms with E-state index in [1.807, 2.05) is 4.90 Å². The molecular weight excluding hydrogens is 254 g/mol. The normalized spacial score (nSPS) is 23.8. The fourth-order valence-electron chi connectivity index (χ4n) is 3.31. The van der Waals surface area contributed by atoms with Crippen molar-refractivity contribution in [2.75, 3.05) is 39.8 Å². The van der Waals surface area contributed by atoms with E-state index in [4.69, 9.17) is 10.5 Å². The van der Waals surface area contributed by atoms with Gasteiger partial charge in [0.2, 0.25) is 5.91 Å². The molecule has 0 aromatic heterocycles. The standard InChI is InChI=1S/C15H29N3O2/c1-20-14-5-9-17(10-6-14)13(12-16)11-15(19)18-7-3-2-4-8-18/h13-14H,2-12,16H2,1H3. The first-order valence-electron chi connectivity index (χ1n) is 7.99. The molecule has 0 aromatic rings. The number of hydrogen-bond donors (Lipinski definition) is 1. The summed E-state index contributed by atoms with van der Waals surface area (Å²) >= 11 is 0. The van der Waals surface area contributed by atoms with Crippen LogP contribution in [-0.4, -0.2) is 67.7 Å². The molecule has 5 heteroatoms. The molecule has 0 spiro atoms. The van der Waals surface area contributed by atoms with Crippen LogP contribution in [0.2, 0.25) is 0 Å². The van der Waals surface area contributed by atoms with Crippen molar-refractivity contribution < 1.29 is 9.53 Å². The number of methoxy groups -OCH3 is 1. The summed E-state index contributed by atoms with van der Waals surface area (Å²) in [5.74, 6) is 0.286. The van der Waals surface area contributed by atoms with E-state index in [-0.39, 0.29) is 11.9 Å². The summed E-state index contributed by atoms with van der Waals surface area (Å²) in [5.41, 5.74) is 5.90. The number of ether oxygens (including phenoxy) is 1. The van der Waals surface area contributed by atoms with E-state index in [2.05, 4.69) is 4.90 Å². The van der Waals surface area contributed by atoms with Crippen molar-refractivity contribution in [3.8, 4) is 0 Å². The summed E-state index contributed by atoms with van der Waals surface area (Å²) in [6.45, 7) is 4.42. The summed E-state index contributed by atoms with van der Waals surface area (Å²) in [6.07, 6.45) is 6.61. The Morgan fingerprint density at radius 3 is 2.40 bits per heavy atom. The van der Waals surface area contributed by atoms with Crippen LogP contribution in [-0.2, 0) is 9.53 Å². The average molecular weight is 283 g/mol. The van der Waals surface area contributed by atoms with Crippen LogP contribution in [0.4, 0.5) is 0 Å². The Morgan fingerprint density at radius 1 is 1.20 bits per heavy atom. The number of carbonyl (C=O) groups excluding carboxylic acids is 1. The van der Waals surface area contributed by atoms with E-state index >= 15 is 0 Å². The zero-order valence-electron chi connectivity index (χ0n) is 12.7. The predicted molar refractivity (Wildman–Crippen MR) is 79.5 cm³/mol. The Kier molecular flexibility index (Phi) is 6.26. The summed E-state index contributed by atoms with van der Waals surface area (Å²) in [7, 11) is 1.78. The SMILES string of the molecule is COC1CCN(C(CN)CC(=O)N2CCCCC2)CC1. The van der Waals surface area contributed by atoms with Crippen molar-refractivity contribution >= 4 is 5.91 Å². The topological polar surface area (TPSA) is 58.8 Å². The lowest BCUT2D eigenvalue weighted by molar-refractivity contribution is -0.133. The van der Waals surface area contributed by atoms with Gasteiger partial charge in [-0.15, -0.1) is 0 Å². The first-order chi connectivity index (χ1) is 9.74. The minimum absolute atomic E-state index is 0.197. The maximum atomic E-state index is 12.3. The number of rotatable bonds is 5. The van der Waals surface area contributed by atoms with Crippen molar-refractivity contribution in [3.05, 3.63) is 0 Å². The van der Waals surface area contributed by atoms with Gasteiger partial charge in [-0.25, -0.2) is 0 Å². The highest BCUT2D eigenvalue weighted by Crippen LogP contribution is 2.18. The Bertz CT molecular complexity index is 297. The summed E-state index contributed by atoms with van der Waals surface area (Å²) < 4.78 is 5.40. The van der Waals surface area contributed by atoms with Crippen LogP contribution in [0.3, 0.4) is 0 Å². The van der Waals surface area contributed by atoms with Crippen LogP contribution < -0.4 is 5.73 Å². The summed E-state index contributed by atoms with van der Waals surface area (Å²) in [6, 6.07) is 0.197. The van der Waals surface area contributed by atoms with Crippen LogP contribution in [0.25, 0.3) is 0 Å². The molecule has 1 unspecified atom stereocenters. The van der Waals surface area contributed by atoms with Gasteiger partial charge in [-0.2, -0.15) is 0 Å². The minimum Gasteiger partial charge on any atom is -0.381 e. The highest BCUT2D eigenvalue weighted by molar-refractivity contribution is 5.77. The molecule has 0 bridgehead atoms. The van der Waals surface area contributed by atoms with Gasteiger partial charge in [0.15, 0.2) is 0 Å². The number of likely N-dealkylation sites (tertiary alicyclic amines) is 2. The molecule has 5 nitrogen and oxygen atoms in total. The maximum Gasteiger partial charge on any atom is 0.224 e. The maximum absolute atomic E-state index is 12.3. The van der Waals surface area contributed by atoms with E-state index in [1.165, 1.54) is 6.42 Å². The quantitative estimate of drug-likeness (QED) is 0.812.